The number of nitrogens with one attached hydrogen (secondary N) is 1. The van der Waals surface area contributed by atoms with Crippen LogP contribution in [0, 0.1) is 24.7 Å². The molecule has 2 unspecified atom stereocenters. The highest BCUT2D eigenvalue weighted by Crippen LogP contribution is 2.67. The van der Waals surface area contributed by atoms with E-state index in [0.717, 1.165) is 12.0 Å². The molecule has 0 saturated carbocycles. The lowest BCUT2D eigenvalue weighted by atomic mass is 9.71. The smallest absolute Gasteiger partial charge is 0.310 e. The number of halogens is 1. The molecule has 1 spiro atoms. The van der Waals surface area contributed by atoms with E-state index in [1.807, 2.05) is 32.9 Å². The third-order valence-corrected chi connectivity index (χ3v) is 9.60. The van der Waals surface area contributed by atoms with Crippen LogP contribution in [-0.4, -0.2) is 63.1 Å². The number of aliphatic hydroxyl groups is 1. The van der Waals surface area contributed by atoms with E-state index in [1.165, 1.54) is 0 Å². The van der Waals surface area contributed by atoms with E-state index in [9.17, 15) is 19.5 Å². The Labute approximate surface area is 203 Å². The summed E-state index contributed by atoms with van der Waals surface area (Å²) in [7, 11) is 0. The molecule has 33 heavy (non-hydrogen) atoms. The molecule has 1 aromatic carbocycles. The van der Waals surface area contributed by atoms with Crippen molar-refractivity contribution in [3.8, 4) is 0 Å². The summed E-state index contributed by atoms with van der Waals surface area (Å²) >= 11 is 7.95. The Hall–Kier alpha value is -1.77. The molecule has 7 nitrogen and oxygen atoms in total. The van der Waals surface area contributed by atoms with Gasteiger partial charge in [-0.05, 0) is 44.2 Å². The highest BCUT2D eigenvalue weighted by atomic mass is 35.5. The van der Waals surface area contributed by atoms with Gasteiger partial charge in [0.05, 0.1) is 46.5 Å². The van der Waals surface area contributed by atoms with Gasteiger partial charge in [0.1, 0.15) is 6.04 Å². The van der Waals surface area contributed by atoms with E-state index < -0.39 is 28.7 Å². The number of ether oxygens (including phenoxy) is 1. The van der Waals surface area contributed by atoms with Crippen molar-refractivity contribution in [2.45, 2.75) is 62.6 Å². The second-order valence-electron chi connectivity index (χ2n) is 9.47. The summed E-state index contributed by atoms with van der Waals surface area (Å²) in [5, 5.41) is 13.5. The number of carbonyl (C=O) groups excluding carboxylic acids is 3. The van der Waals surface area contributed by atoms with Crippen molar-refractivity contribution < 1.29 is 24.2 Å². The van der Waals surface area contributed by atoms with Gasteiger partial charge in [0.2, 0.25) is 11.8 Å². The van der Waals surface area contributed by atoms with Crippen LogP contribution in [0.15, 0.2) is 18.2 Å². The number of thioether (sulfide) groups is 1. The number of benzene rings is 1. The van der Waals surface area contributed by atoms with Gasteiger partial charge in [-0.15, -0.1) is 11.8 Å². The van der Waals surface area contributed by atoms with Crippen molar-refractivity contribution in [3.63, 3.8) is 0 Å². The summed E-state index contributed by atoms with van der Waals surface area (Å²) in [5.74, 6) is -2.25. The molecule has 3 saturated heterocycles. The molecule has 6 atom stereocenters. The zero-order chi connectivity index (χ0) is 24.1. The highest BCUT2D eigenvalue weighted by Gasteiger charge is 2.74. The standard InChI is InChI=1S/C24H31ClN2O5S/c1-5-32-23(31)17-16-9-10-24(33-16)18(17)22(30)27(15(11-28)12(2)3)20(24)21(29)26-19-13(4)7-6-8-14(19)25/h6-8,12,15-18,20,28H,5,9-11H2,1-4H3,(H,26,29)/t15-,16-,17+,18-,20?,24?/m0/s1. The molecule has 2 amide bonds. The van der Waals surface area contributed by atoms with E-state index in [1.54, 1.807) is 29.7 Å². The summed E-state index contributed by atoms with van der Waals surface area (Å²) in [4.78, 5) is 42.2. The van der Waals surface area contributed by atoms with Crippen molar-refractivity contribution in [3.05, 3.63) is 28.8 Å². The SMILES string of the molecule is CCOC(=O)[C@@H]1[C@@H]2CCC3(S2)C(C(=O)Nc2c(C)cccc2Cl)N([C@@H](CO)C(C)C)C(=O)[C@H]13. The van der Waals surface area contributed by atoms with E-state index in [-0.39, 0.29) is 42.2 Å². The lowest BCUT2D eigenvalue weighted by Crippen LogP contribution is -2.56. The topological polar surface area (TPSA) is 95.9 Å². The molecule has 180 valence electrons. The quantitative estimate of drug-likeness (QED) is 0.565. The van der Waals surface area contributed by atoms with Crippen LogP contribution in [0.2, 0.25) is 5.02 Å². The van der Waals surface area contributed by atoms with Crippen molar-refractivity contribution in [2.75, 3.05) is 18.5 Å². The monoisotopic (exact) mass is 494 g/mol. The van der Waals surface area contributed by atoms with Crippen LogP contribution in [-0.2, 0) is 19.1 Å². The van der Waals surface area contributed by atoms with Gasteiger partial charge in [0.25, 0.3) is 0 Å². The number of aryl methyl sites for hydroxylation is 1. The van der Waals surface area contributed by atoms with Gasteiger partial charge in [-0.25, -0.2) is 0 Å². The fraction of sp³-hybridized carbons (Fsp3) is 0.625. The largest absolute Gasteiger partial charge is 0.466 e. The maximum absolute atomic E-state index is 13.9. The normalized spacial score (nSPS) is 31.1. The van der Waals surface area contributed by atoms with Crippen LogP contribution in [0.3, 0.4) is 0 Å². The minimum atomic E-state index is -0.820. The lowest BCUT2D eigenvalue weighted by Gasteiger charge is -2.38. The first-order valence-electron chi connectivity index (χ1n) is 11.5. The van der Waals surface area contributed by atoms with Gasteiger partial charge in [-0.1, -0.05) is 37.6 Å². The van der Waals surface area contributed by atoms with Crippen molar-refractivity contribution >= 4 is 46.8 Å². The number of aliphatic hydroxyl groups excluding tert-OH is 1. The lowest BCUT2D eigenvalue weighted by molar-refractivity contribution is -0.154. The molecule has 2 bridgehead atoms. The number of likely N-dealkylation sites (tertiary alicyclic amines) is 1. The maximum atomic E-state index is 13.9. The molecule has 9 heteroatoms. The molecule has 0 radical (unpaired) electrons. The Bertz CT molecular complexity index is 952. The average Bonchev–Trinajstić information content (AvgIpc) is 3.39. The van der Waals surface area contributed by atoms with Gasteiger partial charge < -0.3 is 20.1 Å². The molecule has 3 aliphatic rings. The minimum absolute atomic E-state index is 0.0517. The first-order valence-corrected chi connectivity index (χ1v) is 12.8. The molecule has 4 rings (SSSR count). The number of rotatable bonds is 7. The molecule has 3 aliphatic heterocycles. The van der Waals surface area contributed by atoms with E-state index in [4.69, 9.17) is 16.3 Å². The zero-order valence-electron chi connectivity index (χ0n) is 19.3. The summed E-state index contributed by atoms with van der Waals surface area (Å²) in [5.41, 5.74) is 1.33. The van der Waals surface area contributed by atoms with Crippen LogP contribution < -0.4 is 5.32 Å². The molecule has 0 aromatic heterocycles. The molecule has 3 fully saturated rings. The summed E-state index contributed by atoms with van der Waals surface area (Å²) in [6, 6.07) is 4.02. The van der Waals surface area contributed by atoms with Crippen LogP contribution >= 0.6 is 23.4 Å². The van der Waals surface area contributed by atoms with Gasteiger partial charge in [-0.3, -0.25) is 14.4 Å². The predicted molar refractivity (Wildman–Crippen MR) is 128 cm³/mol. The van der Waals surface area contributed by atoms with Gasteiger partial charge >= 0.3 is 5.97 Å². The zero-order valence-corrected chi connectivity index (χ0v) is 20.9. The van der Waals surface area contributed by atoms with Gasteiger partial charge in [0, 0.05) is 5.25 Å². The number of esters is 1. The number of amides is 2. The summed E-state index contributed by atoms with van der Waals surface area (Å²) < 4.78 is 4.60. The molecular formula is C24H31ClN2O5S. The van der Waals surface area contributed by atoms with Gasteiger partial charge in [0.15, 0.2) is 0 Å². The Kier molecular flexibility index (Phi) is 6.73. The first-order chi connectivity index (χ1) is 15.7. The predicted octanol–water partition coefficient (Wildman–Crippen LogP) is 3.26. The third kappa shape index (κ3) is 3.74. The average molecular weight is 495 g/mol. The fourth-order valence-electron chi connectivity index (χ4n) is 5.86. The van der Waals surface area contributed by atoms with Crippen LogP contribution in [0.4, 0.5) is 5.69 Å². The summed E-state index contributed by atoms with van der Waals surface area (Å²) in [6.07, 6.45) is 1.40. The van der Waals surface area contributed by atoms with Crippen LogP contribution in [0.1, 0.15) is 39.2 Å². The second kappa shape index (κ2) is 9.12. The third-order valence-electron chi connectivity index (χ3n) is 7.33. The minimum Gasteiger partial charge on any atom is -0.466 e. The highest BCUT2D eigenvalue weighted by molar-refractivity contribution is 8.02. The second-order valence-corrected chi connectivity index (χ2v) is 11.5. The number of hydrogen-bond donors (Lipinski definition) is 2. The van der Waals surface area contributed by atoms with E-state index in [2.05, 4.69) is 5.32 Å². The maximum Gasteiger partial charge on any atom is 0.310 e. The fourth-order valence-corrected chi connectivity index (χ4v) is 8.32. The molecule has 1 aromatic rings. The first kappa shape index (κ1) is 24.4. The van der Waals surface area contributed by atoms with Crippen LogP contribution in [0.25, 0.3) is 0 Å². The number of para-hydroxylation sites is 1. The Morgan fingerprint density at radius 2 is 2.12 bits per heavy atom. The number of anilines is 1. The van der Waals surface area contributed by atoms with E-state index in [0.29, 0.717) is 17.1 Å². The van der Waals surface area contributed by atoms with Gasteiger partial charge in [-0.2, -0.15) is 0 Å². The number of nitrogens with zero attached hydrogens (tertiary/aromatic N) is 1. The Morgan fingerprint density at radius 1 is 1.39 bits per heavy atom. The van der Waals surface area contributed by atoms with Crippen molar-refractivity contribution in [1.82, 2.24) is 4.90 Å². The van der Waals surface area contributed by atoms with E-state index >= 15 is 0 Å². The van der Waals surface area contributed by atoms with Crippen molar-refractivity contribution in [1.29, 1.82) is 0 Å². The van der Waals surface area contributed by atoms with Crippen LogP contribution in [0.5, 0.6) is 0 Å². The van der Waals surface area contributed by atoms with Crippen molar-refractivity contribution in [2.24, 2.45) is 17.8 Å². The summed E-state index contributed by atoms with van der Waals surface area (Å²) in [6.45, 7) is 7.42. The molecule has 0 aliphatic carbocycles. The molecular weight excluding hydrogens is 464 g/mol. The number of fused-ring (bicyclic) bond motifs is 1. The number of hydrogen-bond acceptors (Lipinski definition) is 6. The Morgan fingerprint density at radius 3 is 2.73 bits per heavy atom. The molecule has 3 heterocycles. The Balaban J connectivity index is 1.78. The number of carbonyl (C=O) groups is 3. The molecule has 2 N–H and O–H groups in total.